The Bertz CT molecular complexity index is 729. The number of imidazole rings is 1. The Morgan fingerprint density at radius 1 is 1.23 bits per heavy atom. The van der Waals surface area contributed by atoms with Gasteiger partial charge in [0.2, 0.25) is 0 Å². The molecular formula is C20H32N6. The van der Waals surface area contributed by atoms with Crippen LogP contribution in [0, 0.1) is 6.92 Å². The first-order valence-corrected chi connectivity index (χ1v) is 9.84. The molecule has 142 valence electrons. The number of likely N-dealkylation sites (tertiary alicyclic amines) is 1. The van der Waals surface area contributed by atoms with Crippen LogP contribution in [0.25, 0.3) is 0 Å². The molecule has 0 amide bonds. The lowest BCUT2D eigenvalue weighted by atomic mass is 9.95. The Balaban J connectivity index is 1.62. The standard InChI is InChI=1S/C20H32N6/c1-5-26-19(15-25-14-10-21-17(25)4)22-23-20(26)18-8-12-24(13-9-18)11-6-7-16(2)3/h7,10,14,18H,5-6,8-9,11-13,15H2,1-4H3. The molecule has 0 unspecified atom stereocenters. The molecule has 0 N–H and O–H groups in total. The predicted octanol–water partition coefficient (Wildman–Crippen LogP) is 3.39. The van der Waals surface area contributed by atoms with E-state index in [-0.39, 0.29) is 0 Å². The van der Waals surface area contributed by atoms with Crippen LogP contribution in [0.2, 0.25) is 0 Å². The fraction of sp³-hybridized carbons (Fsp3) is 0.650. The lowest BCUT2D eigenvalue weighted by molar-refractivity contribution is 0.210. The van der Waals surface area contributed by atoms with E-state index in [0.717, 1.165) is 44.2 Å². The van der Waals surface area contributed by atoms with Crippen molar-refractivity contribution < 1.29 is 0 Å². The van der Waals surface area contributed by atoms with Gasteiger partial charge in [0.05, 0.1) is 6.54 Å². The van der Waals surface area contributed by atoms with Crippen LogP contribution in [0.5, 0.6) is 0 Å². The predicted molar refractivity (Wildman–Crippen MR) is 104 cm³/mol. The molecule has 1 aliphatic rings. The fourth-order valence-electron chi connectivity index (χ4n) is 3.79. The maximum atomic E-state index is 4.58. The van der Waals surface area contributed by atoms with E-state index in [0.29, 0.717) is 5.92 Å². The van der Waals surface area contributed by atoms with Gasteiger partial charge in [0.15, 0.2) is 5.82 Å². The molecule has 2 aromatic rings. The van der Waals surface area contributed by atoms with Crippen LogP contribution in [0.3, 0.4) is 0 Å². The third-order valence-electron chi connectivity index (χ3n) is 5.36. The van der Waals surface area contributed by atoms with Crippen molar-refractivity contribution in [2.24, 2.45) is 0 Å². The zero-order valence-electron chi connectivity index (χ0n) is 16.6. The van der Waals surface area contributed by atoms with Crippen molar-refractivity contribution in [3.63, 3.8) is 0 Å². The van der Waals surface area contributed by atoms with E-state index >= 15 is 0 Å². The number of aromatic nitrogens is 5. The maximum Gasteiger partial charge on any atom is 0.153 e. The lowest BCUT2D eigenvalue weighted by Crippen LogP contribution is -2.34. The number of allylic oxidation sites excluding steroid dienone is 1. The van der Waals surface area contributed by atoms with Crippen molar-refractivity contribution in [1.29, 1.82) is 0 Å². The molecule has 0 saturated carbocycles. The molecule has 3 heterocycles. The van der Waals surface area contributed by atoms with E-state index in [9.17, 15) is 0 Å². The first kappa shape index (κ1) is 18.8. The lowest BCUT2D eigenvalue weighted by Gasteiger charge is -2.31. The van der Waals surface area contributed by atoms with Gasteiger partial charge >= 0.3 is 0 Å². The molecule has 26 heavy (non-hydrogen) atoms. The van der Waals surface area contributed by atoms with Gasteiger partial charge in [-0.3, -0.25) is 0 Å². The van der Waals surface area contributed by atoms with E-state index in [4.69, 9.17) is 0 Å². The number of hydrogen-bond donors (Lipinski definition) is 0. The first-order valence-electron chi connectivity index (χ1n) is 9.84. The molecule has 1 aliphatic heterocycles. The summed E-state index contributed by atoms with van der Waals surface area (Å²) in [6, 6.07) is 0. The Morgan fingerprint density at radius 3 is 2.62 bits per heavy atom. The Labute approximate surface area is 156 Å². The van der Waals surface area contributed by atoms with Crippen LogP contribution < -0.4 is 0 Å². The van der Waals surface area contributed by atoms with Crippen LogP contribution in [0.15, 0.2) is 24.0 Å². The second kappa shape index (κ2) is 8.62. The summed E-state index contributed by atoms with van der Waals surface area (Å²) in [5.74, 6) is 3.75. The van der Waals surface area contributed by atoms with Gasteiger partial charge < -0.3 is 14.0 Å². The molecule has 1 fully saturated rings. The number of piperidine rings is 1. The van der Waals surface area contributed by atoms with Gasteiger partial charge in [-0.25, -0.2) is 4.98 Å². The SMILES string of the molecule is CCn1c(Cn2ccnc2C)nnc1C1CCN(CCC=C(C)C)CC1. The van der Waals surface area contributed by atoms with Gasteiger partial charge in [-0.1, -0.05) is 11.6 Å². The molecule has 0 radical (unpaired) electrons. The highest BCUT2D eigenvalue weighted by molar-refractivity contribution is 5.06. The van der Waals surface area contributed by atoms with Gasteiger partial charge in [0.25, 0.3) is 0 Å². The quantitative estimate of drug-likeness (QED) is 0.714. The highest BCUT2D eigenvalue weighted by Crippen LogP contribution is 2.27. The second-order valence-corrected chi connectivity index (χ2v) is 7.51. The van der Waals surface area contributed by atoms with E-state index in [1.54, 1.807) is 0 Å². The van der Waals surface area contributed by atoms with Crippen LogP contribution in [0.4, 0.5) is 0 Å². The molecule has 3 rings (SSSR count). The molecular weight excluding hydrogens is 324 g/mol. The van der Waals surface area contributed by atoms with Gasteiger partial charge in [-0.2, -0.15) is 0 Å². The molecule has 0 aromatic carbocycles. The summed E-state index contributed by atoms with van der Waals surface area (Å²) in [6.45, 7) is 13.7. The molecule has 0 spiro atoms. The highest BCUT2D eigenvalue weighted by atomic mass is 15.3. The summed E-state index contributed by atoms with van der Waals surface area (Å²) in [7, 11) is 0. The third-order valence-corrected chi connectivity index (χ3v) is 5.36. The number of rotatable bonds is 7. The second-order valence-electron chi connectivity index (χ2n) is 7.51. The first-order chi connectivity index (χ1) is 12.6. The smallest absolute Gasteiger partial charge is 0.153 e. The minimum atomic E-state index is 0.528. The monoisotopic (exact) mass is 356 g/mol. The van der Waals surface area contributed by atoms with Crippen molar-refractivity contribution in [1.82, 2.24) is 29.2 Å². The zero-order chi connectivity index (χ0) is 18.5. The van der Waals surface area contributed by atoms with Crippen molar-refractivity contribution in [3.05, 3.63) is 41.5 Å². The summed E-state index contributed by atoms with van der Waals surface area (Å²) < 4.78 is 4.44. The van der Waals surface area contributed by atoms with E-state index in [2.05, 4.69) is 56.1 Å². The maximum absolute atomic E-state index is 4.58. The largest absolute Gasteiger partial charge is 0.328 e. The molecule has 0 bridgehead atoms. The normalized spacial score (nSPS) is 16.2. The molecule has 1 saturated heterocycles. The third kappa shape index (κ3) is 4.41. The van der Waals surface area contributed by atoms with Crippen molar-refractivity contribution in [2.75, 3.05) is 19.6 Å². The topological polar surface area (TPSA) is 51.8 Å². The highest BCUT2D eigenvalue weighted by Gasteiger charge is 2.25. The van der Waals surface area contributed by atoms with E-state index < -0.39 is 0 Å². The Hall–Kier alpha value is -1.95. The Kier molecular flexibility index (Phi) is 6.25. The average Bonchev–Trinajstić information content (AvgIpc) is 3.22. The van der Waals surface area contributed by atoms with Crippen LogP contribution in [-0.4, -0.2) is 48.8 Å². The van der Waals surface area contributed by atoms with Crippen molar-refractivity contribution >= 4 is 0 Å². The van der Waals surface area contributed by atoms with Crippen molar-refractivity contribution in [3.8, 4) is 0 Å². The van der Waals surface area contributed by atoms with E-state index in [1.807, 2.05) is 19.3 Å². The molecule has 2 aromatic heterocycles. The summed E-state index contributed by atoms with van der Waals surface area (Å²) >= 11 is 0. The average molecular weight is 357 g/mol. The molecule has 0 aliphatic carbocycles. The summed E-state index contributed by atoms with van der Waals surface area (Å²) in [5, 5.41) is 9.09. The summed E-state index contributed by atoms with van der Waals surface area (Å²) in [4.78, 5) is 6.89. The van der Waals surface area contributed by atoms with Crippen LogP contribution >= 0.6 is 0 Å². The summed E-state index contributed by atoms with van der Waals surface area (Å²) in [6.07, 6.45) is 9.70. The minimum Gasteiger partial charge on any atom is -0.328 e. The number of nitrogens with zero attached hydrogens (tertiary/aromatic N) is 6. The minimum absolute atomic E-state index is 0.528. The zero-order valence-corrected chi connectivity index (χ0v) is 16.6. The van der Waals surface area contributed by atoms with Crippen LogP contribution in [0.1, 0.15) is 63.4 Å². The van der Waals surface area contributed by atoms with Gasteiger partial charge in [-0.05, 0) is 60.0 Å². The van der Waals surface area contributed by atoms with Gasteiger partial charge in [0.1, 0.15) is 11.6 Å². The molecule has 0 atom stereocenters. The number of hydrogen-bond acceptors (Lipinski definition) is 4. The Morgan fingerprint density at radius 2 is 2.00 bits per heavy atom. The van der Waals surface area contributed by atoms with Gasteiger partial charge in [0, 0.05) is 31.4 Å². The van der Waals surface area contributed by atoms with Gasteiger partial charge in [-0.15, -0.1) is 10.2 Å². The number of aryl methyl sites for hydroxylation is 1. The summed E-state index contributed by atoms with van der Waals surface area (Å²) in [5.41, 5.74) is 1.41. The van der Waals surface area contributed by atoms with E-state index in [1.165, 1.54) is 30.8 Å². The molecule has 6 heteroatoms. The van der Waals surface area contributed by atoms with Crippen molar-refractivity contribution in [2.45, 2.75) is 66.0 Å². The molecule has 6 nitrogen and oxygen atoms in total. The van der Waals surface area contributed by atoms with Crippen LogP contribution in [-0.2, 0) is 13.1 Å². The fourth-order valence-corrected chi connectivity index (χ4v) is 3.79.